The van der Waals surface area contributed by atoms with Gasteiger partial charge in [-0.1, -0.05) is 90.8 Å². The molecule has 3 aromatic rings. The fourth-order valence-electron chi connectivity index (χ4n) is 5.59. The van der Waals surface area contributed by atoms with E-state index in [-0.39, 0.29) is 17.2 Å². The van der Waals surface area contributed by atoms with E-state index in [1.165, 1.54) is 6.26 Å². The van der Waals surface area contributed by atoms with Crippen molar-refractivity contribution in [3.8, 4) is 5.88 Å². The third-order valence-electron chi connectivity index (χ3n) is 8.06. The number of urea groups is 1. The molecule has 14 heteroatoms. The zero-order valence-electron chi connectivity index (χ0n) is 28.2. The van der Waals surface area contributed by atoms with E-state index >= 15 is 0 Å². The number of benzene rings is 2. The van der Waals surface area contributed by atoms with Crippen LogP contribution in [0.4, 0.5) is 4.79 Å². The van der Waals surface area contributed by atoms with Crippen molar-refractivity contribution >= 4 is 67.5 Å². The average Bonchev–Trinajstić information content (AvgIpc) is 3.45. The molecule has 0 N–H and O–H groups in total. The van der Waals surface area contributed by atoms with Crippen molar-refractivity contribution in [3.05, 3.63) is 87.3 Å². The lowest BCUT2D eigenvalue weighted by molar-refractivity contribution is 0.122. The van der Waals surface area contributed by atoms with E-state index in [1.54, 1.807) is 16.0 Å². The highest BCUT2D eigenvalue weighted by molar-refractivity contribution is 14.1. The Kier molecular flexibility index (Phi) is 13.1. The van der Waals surface area contributed by atoms with E-state index in [2.05, 4.69) is 27.5 Å². The van der Waals surface area contributed by atoms with Crippen molar-refractivity contribution in [1.29, 1.82) is 0 Å². The number of carbonyl (C=O) groups is 1. The van der Waals surface area contributed by atoms with Gasteiger partial charge in [-0.2, -0.15) is 4.98 Å². The summed E-state index contributed by atoms with van der Waals surface area (Å²) in [6.07, 6.45) is 2.94. The molecule has 1 saturated heterocycles. The van der Waals surface area contributed by atoms with Crippen LogP contribution in [0.15, 0.2) is 59.7 Å². The Morgan fingerprint density at radius 1 is 0.958 bits per heavy atom. The Bertz CT molecular complexity index is 1690. The molecular formula is C34H43Cl2IN6O4S. The highest BCUT2D eigenvalue weighted by atomic mass is 127. The van der Waals surface area contributed by atoms with Gasteiger partial charge >= 0.3 is 6.03 Å². The van der Waals surface area contributed by atoms with E-state index in [1.807, 2.05) is 81.2 Å². The van der Waals surface area contributed by atoms with E-state index < -0.39 is 21.9 Å². The SMILES string of the molecule is CCOc1nc(C(C)(C)C)ncc1C1=N[C@@H](c2ccc(Cl)cc2)[C@@H](c2ccc(Cl)cc2)N1C(=O)N1CCN(CCS(C)(=O)=O)CC1.CI. The normalized spacial score (nSPS) is 18.6. The molecule has 2 aromatic carbocycles. The number of piperazine rings is 1. The number of nitrogens with zero attached hydrogens (tertiary/aromatic N) is 6. The lowest BCUT2D eigenvalue weighted by atomic mass is 9.93. The zero-order chi connectivity index (χ0) is 35.2. The maximum atomic E-state index is 14.7. The third-order valence-corrected chi connectivity index (χ3v) is 9.49. The Morgan fingerprint density at radius 3 is 2.04 bits per heavy atom. The highest BCUT2D eigenvalue weighted by Gasteiger charge is 2.45. The minimum Gasteiger partial charge on any atom is -0.477 e. The van der Waals surface area contributed by atoms with Crippen molar-refractivity contribution in [2.45, 2.75) is 45.2 Å². The van der Waals surface area contributed by atoms with Crippen molar-refractivity contribution in [2.24, 2.45) is 4.99 Å². The van der Waals surface area contributed by atoms with E-state index in [0.29, 0.717) is 72.5 Å². The van der Waals surface area contributed by atoms with E-state index in [0.717, 1.165) is 11.1 Å². The largest absolute Gasteiger partial charge is 0.477 e. The van der Waals surface area contributed by atoms with Crippen LogP contribution in [0.2, 0.25) is 10.0 Å². The van der Waals surface area contributed by atoms with Gasteiger partial charge in [0.2, 0.25) is 5.88 Å². The Morgan fingerprint density at radius 2 is 1.52 bits per heavy atom. The number of hydrogen-bond donors (Lipinski definition) is 0. The third kappa shape index (κ3) is 9.38. The van der Waals surface area contributed by atoms with Crippen LogP contribution in [0, 0.1) is 0 Å². The van der Waals surface area contributed by atoms with Crippen LogP contribution in [0.3, 0.4) is 0 Å². The second-order valence-corrected chi connectivity index (χ2v) is 15.8. The smallest absolute Gasteiger partial charge is 0.326 e. The summed E-state index contributed by atoms with van der Waals surface area (Å²) >= 11 is 14.7. The predicted molar refractivity (Wildman–Crippen MR) is 202 cm³/mol. The number of aromatic nitrogens is 2. The molecule has 0 saturated carbocycles. The summed E-state index contributed by atoms with van der Waals surface area (Å²) in [5.74, 6) is 1.46. The Hall–Kier alpha value is -2.52. The molecule has 2 atom stereocenters. The maximum absolute atomic E-state index is 14.7. The summed E-state index contributed by atoms with van der Waals surface area (Å²) in [7, 11) is -3.09. The van der Waals surface area contributed by atoms with Crippen LogP contribution in [-0.2, 0) is 15.3 Å². The molecule has 10 nitrogen and oxygen atoms in total. The summed E-state index contributed by atoms with van der Waals surface area (Å²) in [5.41, 5.74) is 1.93. The molecule has 48 heavy (non-hydrogen) atoms. The molecule has 5 rings (SSSR count). The molecular weight excluding hydrogens is 786 g/mol. The quantitative estimate of drug-likeness (QED) is 0.181. The number of halogens is 3. The molecule has 0 aliphatic carbocycles. The molecule has 3 heterocycles. The predicted octanol–water partition coefficient (Wildman–Crippen LogP) is 6.86. The molecule has 2 amide bonds. The number of alkyl halides is 1. The first-order valence-corrected chi connectivity index (χ1v) is 20.7. The van der Waals surface area contributed by atoms with Crippen molar-refractivity contribution < 1.29 is 17.9 Å². The lowest BCUT2D eigenvalue weighted by Gasteiger charge is -2.39. The van der Waals surface area contributed by atoms with Gasteiger partial charge in [-0.25, -0.2) is 18.2 Å². The molecule has 0 bridgehead atoms. The van der Waals surface area contributed by atoms with Gasteiger partial charge in [0.15, 0.2) is 0 Å². The van der Waals surface area contributed by atoms with Crippen LogP contribution >= 0.6 is 45.8 Å². The number of amides is 2. The molecule has 260 valence electrons. The van der Waals surface area contributed by atoms with Crippen LogP contribution in [0.5, 0.6) is 5.88 Å². The Balaban J connectivity index is 0.00000255. The number of carbonyl (C=O) groups excluding carboxylic acids is 1. The van der Waals surface area contributed by atoms with Crippen LogP contribution in [-0.4, -0.2) is 101 Å². The molecule has 1 fully saturated rings. The zero-order valence-corrected chi connectivity index (χ0v) is 32.6. The number of hydrogen-bond acceptors (Lipinski definition) is 8. The van der Waals surface area contributed by atoms with Crippen LogP contribution in [0.25, 0.3) is 0 Å². The van der Waals surface area contributed by atoms with Gasteiger partial charge in [-0.05, 0) is 47.2 Å². The molecule has 0 radical (unpaired) electrons. The lowest BCUT2D eigenvalue weighted by Crippen LogP contribution is -2.54. The second kappa shape index (κ2) is 16.5. The second-order valence-electron chi connectivity index (χ2n) is 12.7. The minimum absolute atomic E-state index is 0.0794. The highest BCUT2D eigenvalue weighted by Crippen LogP contribution is 2.45. The fraction of sp³-hybridized carbons (Fsp3) is 0.471. The van der Waals surface area contributed by atoms with Crippen molar-refractivity contribution in [2.75, 3.05) is 56.3 Å². The monoisotopic (exact) mass is 828 g/mol. The standard InChI is InChI=1S/C33H40Cl2N6O4S.CH3I/c1-6-45-30-26(21-36-31(38-30)33(2,3)4)29-37-27(22-7-11-24(34)12-8-22)28(23-9-13-25(35)14-10-23)41(29)32(42)40-17-15-39(16-18-40)19-20-46(5,43)44;1-2/h7-14,21,27-28H,6,15-20H2,1-5H3;1H3/t27-,28+;/m0./s1. The van der Waals surface area contributed by atoms with Crippen LogP contribution in [0.1, 0.15) is 62.3 Å². The molecule has 1 aromatic heterocycles. The fourth-order valence-corrected chi connectivity index (χ4v) is 6.43. The van der Waals surface area contributed by atoms with Gasteiger partial charge in [0.25, 0.3) is 0 Å². The summed E-state index contributed by atoms with van der Waals surface area (Å²) < 4.78 is 29.6. The topological polar surface area (TPSA) is 108 Å². The number of aliphatic imine (C=N–C) groups is 1. The van der Waals surface area contributed by atoms with Gasteiger partial charge in [0.1, 0.15) is 27.5 Å². The Labute approximate surface area is 307 Å². The van der Waals surface area contributed by atoms with Gasteiger partial charge < -0.3 is 9.64 Å². The first-order chi connectivity index (χ1) is 22.7. The summed E-state index contributed by atoms with van der Waals surface area (Å²) in [6, 6.07) is 13.7. The van der Waals surface area contributed by atoms with Gasteiger partial charge in [-0.3, -0.25) is 14.8 Å². The summed E-state index contributed by atoms with van der Waals surface area (Å²) in [4.78, 5) is 37.0. The summed E-state index contributed by atoms with van der Waals surface area (Å²) in [6.45, 7) is 10.8. The van der Waals surface area contributed by atoms with E-state index in [4.69, 9.17) is 42.9 Å². The molecule has 2 aliphatic heterocycles. The van der Waals surface area contributed by atoms with Gasteiger partial charge in [0.05, 0.1) is 24.0 Å². The summed E-state index contributed by atoms with van der Waals surface area (Å²) in [5, 5.41) is 1.18. The molecule has 0 unspecified atom stereocenters. The first kappa shape index (κ1) is 38.3. The van der Waals surface area contributed by atoms with Gasteiger partial charge in [0, 0.05) is 60.6 Å². The first-order valence-electron chi connectivity index (χ1n) is 15.7. The number of amidine groups is 1. The van der Waals surface area contributed by atoms with Crippen LogP contribution < -0.4 is 4.74 Å². The van der Waals surface area contributed by atoms with Gasteiger partial charge in [-0.15, -0.1) is 0 Å². The number of sulfone groups is 1. The average molecular weight is 830 g/mol. The minimum atomic E-state index is -3.09. The number of rotatable bonds is 8. The van der Waals surface area contributed by atoms with E-state index in [9.17, 15) is 13.2 Å². The molecule has 2 aliphatic rings. The van der Waals surface area contributed by atoms with Crippen molar-refractivity contribution in [3.63, 3.8) is 0 Å². The number of ether oxygens (including phenoxy) is 1. The maximum Gasteiger partial charge on any atom is 0.326 e. The van der Waals surface area contributed by atoms with Crippen molar-refractivity contribution in [1.82, 2.24) is 24.7 Å². The molecule has 0 spiro atoms.